The van der Waals surface area contributed by atoms with Gasteiger partial charge in [-0.2, -0.15) is 0 Å². The third-order valence-electron chi connectivity index (χ3n) is 5.04. The summed E-state index contributed by atoms with van der Waals surface area (Å²) in [5.74, 6) is -2.29. The first-order chi connectivity index (χ1) is 13.6. The Morgan fingerprint density at radius 2 is 2.00 bits per heavy atom. The molecule has 1 saturated heterocycles. The van der Waals surface area contributed by atoms with Crippen LogP contribution < -0.4 is 20.9 Å². The normalized spacial score (nSPS) is 18.8. The van der Waals surface area contributed by atoms with Gasteiger partial charge in [0.1, 0.15) is 17.4 Å². The van der Waals surface area contributed by atoms with E-state index in [1.54, 1.807) is 6.07 Å². The second-order valence-electron chi connectivity index (χ2n) is 7.33. The average molecular weight is 408 g/mol. The maximum Gasteiger partial charge on any atom is 0.430 e. The minimum Gasteiger partial charge on any atom is -0.669 e. The van der Waals surface area contributed by atoms with Crippen molar-refractivity contribution in [2.75, 3.05) is 13.1 Å². The maximum absolute atomic E-state index is 12.1. The molecule has 0 unspecified atom stereocenters. The summed E-state index contributed by atoms with van der Waals surface area (Å²) in [6, 6.07) is 2.24. The zero-order valence-electron chi connectivity index (χ0n) is 15.6. The molecule has 0 saturated carbocycles. The number of rotatable bonds is 7. The Bertz CT molecular complexity index is 840. The molecule has 3 rings (SSSR count). The number of ether oxygens (including phenoxy) is 1. The number of hydrogen-bond donors (Lipinski definition) is 5. The molecule has 1 atom stereocenters. The zero-order valence-corrected chi connectivity index (χ0v) is 15.6. The predicted molar refractivity (Wildman–Crippen MR) is 100 cm³/mol. The van der Waals surface area contributed by atoms with Gasteiger partial charge in [0.2, 0.25) is 11.8 Å². The Kier molecular flexibility index (Phi) is 5.69. The quantitative estimate of drug-likeness (QED) is 0.332. The summed E-state index contributed by atoms with van der Waals surface area (Å²) in [6.45, 7) is -2.63. The molecular formula is C17H23BN3O8-. The van der Waals surface area contributed by atoms with Crippen LogP contribution in [0.3, 0.4) is 0 Å². The van der Waals surface area contributed by atoms with E-state index in [1.807, 2.05) is 0 Å². The van der Waals surface area contributed by atoms with Crippen LogP contribution in [0.2, 0.25) is 6.32 Å². The molecule has 7 N–H and O–H groups in total. The van der Waals surface area contributed by atoms with Crippen LogP contribution in [0, 0.1) is 0 Å². The molecule has 0 bridgehead atoms. The van der Waals surface area contributed by atoms with Crippen molar-refractivity contribution in [3.63, 3.8) is 0 Å². The Hall–Kier alpha value is -2.83. The molecule has 11 nitrogen and oxygen atoms in total. The molecule has 158 valence electrons. The molecule has 0 radical (unpaired) electrons. The van der Waals surface area contributed by atoms with Gasteiger partial charge in [-0.1, -0.05) is 12.4 Å². The minimum absolute atomic E-state index is 0.0225. The number of amides is 2. The van der Waals surface area contributed by atoms with Crippen LogP contribution in [-0.4, -0.2) is 69.8 Å². The summed E-state index contributed by atoms with van der Waals surface area (Å²) in [7, 11) is 0. The van der Waals surface area contributed by atoms with Crippen LogP contribution in [0.5, 0.6) is 11.5 Å². The summed E-state index contributed by atoms with van der Waals surface area (Å²) in [6.07, 6.45) is 0.0314. The van der Waals surface area contributed by atoms with Crippen LogP contribution in [0.25, 0.3) is 0 Å². The van der Waals surface area contributed by atoms with Gasteiger partial charge in [0, 0.05) is 6.42 Å². The fraction of sp³-hybridized carbons (Fsp3) is 0.471. The monoisotopic (exact) mass is 408 g/mol. The van der Waals surface area contributed by atoms with E-state index in [1.165, 1.54) is 11.0 Å². The molecule has 0 aromatic heterocycles. The molecule has 12 heteroatoms. The Balaban J connectivity index is 1.63. The van der Waals surface area contributed by atoms with Crippen molar-refractivity contribution < 1.29 is 38.9 Å². The Morgan fingerprint density at radius 1 is 1.31 bits per heavy atom. The number of nitrogens with two attached hydrogens (primary N) is 2. The number of carboxylic acid groups (broad SMARTS) is 1. The van der Waals surface area contributed by atoms with Crippen molar-refractivity contribution in [1.82, 2.24) is 4.90 Å². The highest BCUT2D eigenvalue weighted by molar-refractivity contribution is 6.59. The molecule has 2 amide bonds. The summed E-state index contributed by atoms with van der Waals surface area (Å²) >= 11 is 0. The van der Waals surface area contributed by atoms with Gasteiger partial charge in [-0.25, -0.2) is 4.79 Å². The van der Waals surface area contributed by atoms with Crippen LogP contribution >= 0.6 is 0 Å². The minimum atomic E-state index is -3.12. The lowest BCUT2D eigenvalue weighted by molar-refractivity contribution is -0.140. The highest BCUT2D eigenvalue weighted by Gasteiger charge is 2.36. The molecular weight excluding hydrogens is 385 g/mol. The number of aryl methyl sites for hydroxylation is 1. The number of carbonyl (C=O) groups is 3. The number of benzene rings is 1. The summed E-state index contributed by atoms with van der Waals surface area (Å²) in [4.78, 5) is 36.2. The molecule has 2 heterocycles. The maximum atomic E-state index is 12.1. The average Bonchev–Trinajstić information content (AvgIpc) is 2.60. The van der Waals surface area contributed by atoms with Crippen molar-refractivity contribution in [2.24, 2.45) is 11.5 Å². The highest BCUT2D eigenvalue weighted by atomic mass is 16.6. The topological polar surface area (TPSA) is 186 Å². The predicted octanol–water partition coefficient (Wildman–Crippen LogP) is -1.57. The molecule has 1 aromatic carbocycles. The van der Waals surface area contributed by atoms with Gasteiger partial charge < -0.3 is 40.9 Å². The number of carboxylic acids is 1. The van der Waals surface area contributed by atoms with Crippen LogP contribution in [0.15, 0.2) is 12.1 Å². The fourth-order valence-corrected chi connectivity index (χ4v) is 3.31. The van der Waals surface area contributed by atoms with Gasteiger partial charge in [0.05, 0.1) is 24.9 Å². The summed E-state index contributed by atoms with van der Waals surface area (Å²) in [5, 5.41) is 29.1. The van der Waals surface area contributed by atoms with Crippen molar-refractivity contribution in [2.45, 2.75) is 37.7 Å². The lowest BCUT2D eigenvalue weighted by Gasteiger charge is -2.40. The third-order valence-corrected chi connectivity index (χ3v) is 5.04. The number of nitrogens with zero attached hydrogens (tertiary/aromatic N) is 1. The van der Waals surface area contributed by atoms with Crippen molar-refractivity contribution >= 4 is 24.5 Å². The third kappa shape index (κ3) is 4.61. The SMILES string of the molecule is NC(=O)[C@@H](N)CCC(=O)N1CC(Oc2ccc3c(c2C(=O)O)O[B-](O)(O)CC3)C1. The van der Waals surface area contributed by atoms with Gasteiger partial charge in [0.15, 0.2) is 0 Å². The summed E-state index contributed by atoms with van der Waals surface area (Å²) < 4.78 is 10.8. The van der Waals surface area contributed by atoms with Gasteiger partial charge in [-0.15, -0.1) is 0 Å². The smallest absolute Gasteiger partial charge is 0.430 e. The lowest BCUT2D eigenvalue weighted by Crippen LogP contribution is -2.56. The van der Waals surface area contributed by atoms with E-state index >= 15 is 0 Å². The molecule has 1 aromatic rings. The van der Waals surface area contributed by atoms with Crippen LogP contribution in [0.1, 0.15) is 28.8 Å². The van der Waals surface area contributed by atoms with E-state index < -0.39 is 30.8 Å². The molecule has 0 spiro atoms. The molecule has 0 aliphatic carbocycles. The highest BCUT2D eigenvalue weighted by Crippen LogP contribution is 2.38. The largest absolute Gasteiger partial charge is 0.669 e. The molecule has 2 aliphatic heterocycles. The number of likely N-dealkylation sites (tertiary alicyclic amines) is 1. The lowest BCUT2D eigenvalue weighted by atomic mass is 9.70. The van der Waals surface area contributed by atoms with Crippen molar-refractivity contribution in [1.29, 1.82) is 0 Å². The fourth-order valence-electron chi connectivity index (χ4n) is 3.31. The van der Waals surface area contributed by atoms with Crippen molar-refractivity contribution in [3.05, 3.63) is 23.3 Å². The number of carbonyl (C=O) groups excluding carboxylic acids is 2. The number of aromatic carboxylic acids is 1. The van der Waals surface area contributed by atoms with Gasteiger partial charge in [-0.3, -0.25) is 9.59 Å². The van der Waals surface area contributed by atoms with E-state index in [-0.39, 0.29) is 61.6 Å². The second kappa shape index (κ2) is 7.89. The number of primary amides is 1. The van der Waals surface area contributed by atoms with E-state index in [2.05, 4.69) is 0 Å². The van der Waals surface area contributed by atoms with Gasteiger partial charge in [0.25, 0.3) is 0 Å². The molecule has 2 aliphatic rings. The first kappa shape index (κ1) is 20.9. The zero-order chi connectivity index (χ0) is 21.3. The first-order valence-corrected chi connectivity index (χ1v) is 9.25. The van der Waals surface area contributed by atoms with Gasteiger partial charge >= 0.3 is 12.7 Å². The summed E-state index contributed by atoms with van der Waals surface area (Å²) in [5.41, 5.74) is 10.8. The van der Waals surface area contributed by atoms with Crippen LogP contribution in [0.4, 0.5) is 0 Å². The van der Waals surface area contributed by atoms with E-state index in [9.17, 15) is 29.5 Å². The molecule has 1 fully saturated rings. The first-order valence-electron chi connectivity index (χ1n) is 9.25. The van der Waals surface area contributed by atoms with E-state index in [0.717, 1.165) is 0 Å². The Labute approximate surface area is 166 Å². The number of fused-ring (bicyclic) bond motifs is 1. The van der Waals surface area contributed by atoms with E-state index in [4.69, 9.17) is 20.9 Å². The Morgan fingerprint density at radius 3 is 2.62 bits per heavy atom. The van der Waals surface area contributed by atoms with Crippen molar-refractivity contribution in [3.8, 4) is 11.5 Å². The standard InChI is InChI=1S/C17H23BN3O8/c19-11(16(20)23)2-4-13(22)21-7-10(8-21)28-12-3-1-9-5-6-18(26,27)29-15(9)14(12)17(24)25/h1,3,10-11,26-27H,2,4-8,19H2,(H2,20,23)(H,24,25)/q-1/t11-/m0/s1. The van der Waals surface area contributed by atoms with Crippen LogP contribution in [-0.2, 0) is 16.0 Å². The second-order valence-corrected chi connectivity index (χ2v) is 7.33. The molecule has 29 heavy (non-hydrogen) atoms. The van der Waals surface area contributed by atoms with Gasteiger partial charge in [-0.05, 0) is 24.5 Å². The number of hydrogen-bond acceptors (Lipinski definition) is 8. The van der Waals surface area contributed by atoms with E-state index in [0.29, 0.717) is 5.56 Å².